The van der Waals surface area contributed by atoms with Crippen LogP contribution in [-0.4, -0.2) is 36.0 Å². The number of aliphatic carboxylic acids is 1. The number of amides is 2. The Labute approximate surface area is 119 Å². The third-order valence-corrected chi connectivity index (χ3v) is 4.07. The van der Waals surface area contributed by atoms with Gasteiger partial charge >= 0.3 is 5.97 Å². The van der Waals surface area contributed by atoms with Gasteiger partial charge < -0.3 is 15.7 Å². The lowest BCUT2D eigenvalue weighted by molar-refractivity contribution is -0.148. The van der Waals surface area contributed by atoms with Gasteiger partial charge in [-0.15, -0.1) is 0 Å². The van der Waals surface area contributed by atoms with Crippen LogP contribution in [0.15, 0.2) is 0 Å². The molecule has 0 saturated heterocycles. The molecule has 0 heterocycles. The first kappa shape index (κ1) is 16.5. The molecule has 1 aliphatic rings. The van der Waals surface area contributed by atoms with Crippen LogP contribution in [0.25, 0.3) is 0 Å². The molecule has 2 amide bonds. The first-order valence-corrected chi connectivity index (χ1v) is 7.08. The van der Waals surface area contributed by atoms with Gasteiger partial charge in [0.25, 0.3) is 0 Å². The summed E-state index contributed by atoms with van der Waals surface area (Å²) in [7, 11) is 0. The Balaban J connectivity index is 2.20. The Morgan fingerprint density at radius 1 is 1.30 bits per heavy atom. The molecule has 3 atom stereocenters. The molecule has 0 aromatic rings. The van der Waals surface area contributed by atoms with Crippen LogP contribution in [0.4, 0.5) is 0 Å². The number of carbonyl (C=O) groups excluding carboxylic acids is 2. The molecule has 114 valence electrons. The fourth-order valence-electron chi connectivity index (χ4n) is 1.85. The van der Waals surface area contributed by atoms with E-state index in [1.165, 1.54) is 0 Å². The number of carbonyl (C=O) groups is 3. The van der Waals surface area contributed by atoms with Crippen molar-refractivity contribution in [3.05, 3.63) is 0 Å². The zero-order valence-corrected chi connectivity index (χ0v) is 12.4. The highest BCUT2D eigenvalue weighted by Gasteiger charge is 2.38. The third kappa shape index (κ3) is 4.51. The number of nitrogens with one attached hydrogen (secondary N) is 2. The minimum Gasteiger partial charge on any atom is -0.481 e. The van der Waals surface area contributed by atoms with Crippen molar-refractivity contribution in [2.45, 2.75) is 40.0 Å². The predicted octanol–water partition coefficient (Wildman–Crippen LogP) is 0.766. The molecule has 20 heavy (non-hydrogen) atoms. The van der Waals surface area contributed by atoms with Crippen molar-refractivity contribution in [1.82, 2.24) is 10.6 Å². The van der Waals surface area contributed by atoms with Crippen molar-refractivity contribution in [1.29, 1.82) is 0 Å². The second kappa shape index (κ2) is 6.72. The summed E-state index contributed by atoms with van der Waals surface area (Å²) in [6.45, 7) is 5.80. The second-order valence-electron chi connectivity index (χ2n) is 5.86. The maximum Gasteiger partial charge on any atom is 0.311 e. The standard InChI is InChI=1S/C14H24N2O4/c1-4-14(3,13(19)20)8-16-11(17)5-6-15-12(18)10-7-9(10)2/h9-10H,4-8H2,1-3H3,(H,15,18)(H,16,17)(H,19,20). The first-order chi connectivity index (χ1) is 9.30. The minimum absolute atomic E-state index is 0.00855. The molecule has 0 spiro atoms. The van der Waals surface area contributed by atoms with E-state index in [9.17, 15) is 14.4 Å². The first-order valence-electron chi connectivity index (χ1n) is 7.08. The summed E-state index contributed by atoms with van der Waals surface area (Å²) in [5.41, 5.74) is -0.942. The van der Waals surface area contributed by atoms with Crippen LogP contribution in [0, 0.1) is 17.3 Å². The molecule has 6 nitrogen and oxygen atoms in total. The smallest absolute Gasteiger partial charge is 0.311 e. The molecular formula is C14H24N2O4. The monoisotopic (exact) mass is 284 g/mol. The van der Waals surface area contributed by atoms with Gasteiger partial charge in [-0.3, -0.25) is 14.4 Å². The second-order valence-corrected chi connectivity index (χ2v) is 5.86. The Hall–Kier alpha value is -1.59. The Kier molecular flexibility index (Phi) is 5.53. The molecule has 0 aliphatic heterocycles. The third-order valence-electron chi connectivity index (χ3n) is 4.07. The van der Waals surface area contributed by atoms with E-state index in [0.717, 1.165) is 6.42 Å². The van der Waals surface area contributed by atoms with E-state index < -0.39 is 11.4 Å². The van der Waals surface area contributed by atoms with Gasteiger partial charge in [-0.05, 0) is 25.7 Å². The lowest BCUT2D eigenvalue weighted by Crippen LogP contribution is -2.41. The van der Waals surface area contributed by atoms with E-state index in [4.69, 9.17) is 5.11 Å². The highest BCUT2D eigenvalue weighted by Crippen LogP contribution is 2.37. The van der Waals surface area contributed by atoms with Crippen molar-refractivity contribution in [3.8, 4) is 0 Å². The molecule has 1 rings (SSSR count). The average Bonchev–Trinajstić information content (AvgIpc) is 3.12. The van der Waals surface area contributed by atoms with Gasteiger partial charge in [-0.2, -0.15) is 0 Å². The largest absolute Gasteiger partial charge is 0.481 e. The van der Waals surface area contributed by atoms with Crippen LogP contribution in [0.1, 0.15) is 40.0 Å². The summed E-state index contributed by atoms with van der Waals surface area (Å²) in [6.07, 6.45) is 1.54. The summed E-state index contributed by atoms with van der Waals surface area (Å²) in [5, 5.41) is 14.4. The summed E-state index contributed by atoms with van der Waals surface area (Å²) < 4.78 is 0. The summed E-state index contributed by atoms with van der Waals surface area (Å²) in [5.74, 6) is -0.598. The Bertz CT molecular complexity index is 397. The number of hydrogen-bond acceptors (Lipinski definition) is 3. The van der Waals surface area contributed by atoms with E-state index in [-0.39, 0.29) is 30.7 Å². The van der Waals surface area contributed by atoms with E-state index >= 15 is 0 Å². The van der Waals surface area contributed by atoms with Crippen molar-refractivity contribution in [2.24, 2.45) is 17.3 Å². The van der Waals surface area contributed by atoms with E-state index in [1.807, 2.05) is 6.92 Å². The van der Waals surface area contributed by atoms with Crippen LogP contribution in [-0.2, 0) is 14.4 Å². The normalized spacial score (nSPS) is 23.6. The van der Waals surface area contributed by atoms with Crippen LogP contribution in [0.5, 0.6) is 0 Å². The predicted molar refractivity (Wildman–Crippen MR) is 73.9 cm³/mol. The average molecular weight is 284 g/mol. The number of hydrogen-bond donors (Lipinski definition) is 3. The zero-order valence-electron chi connectivity index (χ0n) is 12.4. The van der Waals surface area contributed by atoms with E-state index in [0.29, 0.717) is 18.9 Å². The zero-order chi connectivity index (χ0) is 15.3. The topological polar surface area (TPSA) is 95.5 Å². The molecule has 1 aliphatic carbocycles. The van der Waals surface area contributed by atoms with Gasteiger partial charge in [0.05, 0.1) is 5.41 Å². The molecule has 0 bridgehead atoms. The van der Waals surface area contributed by atoms with Gasteiger partial charge in [0, 0.05) is 25.4 Å². The van der Waals surface area contributed by atoms with E-state index in [2.05, 4.69) is 10.6 Å². The van der Waals surface area contributed by atoms with Crippen molar-refractivity contribution in [3.63, 3.8) is 0 Å². The summed E-state index contributed by atoms with van der Waals surface area (Å²) in [4.78, 5) is 34.2. The van der Waals surface area contributed by atoms with Crippen LogP contribution >= 0.6 is 0 Å². The summed E-state index contributed by atoms with van der Waals surface area (Å²) >= 11 is 0. The number of rotatable bonds is 8. The number of carboxylic acids is 1. The summed E-state index contributed by atoms with van der Waals surface area (Å²) in [6, 6.07) is 0. The van der Waals surface area contributed by atoms with Crippen LogP contribution in [0.3, 0.4) is 0 Å². The number of carboxylic acid groups (broad SMARTS) is 1. The van der Waals surface area contributed by atoms with Gasteiger partial charge in [-0.1, -0.05) is 13.8 Å². The molecule has 0 aromatic carbocycles. The maximum atomic E-state index is 11.6. The highest BCUT2D eigenvalue weighted by molar-refractivity contribution is 5.82. The fraction of sp³-hybridized carbons (Fsp3) is 0.786. The Morgan fingerprint density at radius 3 is 2.35 bits per heavy atom. The molecule has 3 unspecified atom stereocenters. The molecule has 3 N–H and O–H groups in total. The van der Waals surface area contributed by atoms with Crippen molar-refractivity contribution >= 4 is 17.8 Å². The molecule has 0 aromatic heterocycles. The van der Waals surface area contributed by atoms with Crippen LogP contribution < -0.4 is 10.6 Å². The van der Waals surface area contributed by atoms with Crippen molar-refractivity contribution in [2.75, 3.05) is 13.1 Å². The molecular weight excluding hydrogens is 260 g/mol. The van der Waals surface area contributed by atoms with Gasteiger partial charge in [0.15, 0.2) is 0 Å². The van der Waals surface area contributed by atoms with Gasteiger partial charge in [-0.25, -0.2) is 0 Å². The lowest BCUT2D eigenvalue weighted by atomic mass is 9.88. The van der Waals surface area contributed by atoms with Gasteiger partial charge in [0.2, 0.25) is 11.8 Å². The van der Waals surface area contributed by atoms with Crippen molar-refractivity contribution < 1.29 is 19.5 Å². The van der Waals surface area contributed by atoms with E-state index in [1.54, 1.807) is 13.8 Å². The minimum atomic E-state index is -0.942. The molecule has 6 heteroatoms. The molecule has 1 saturated carbocycles. The molecule has 0 radical (unpaired) electrons. The fourth-order valence-corrected chi connectivity index (χ4v) is 1.85. The highest BCUT2D eigenvalue weighted by atomic mass is 16.4. The lowest BCUT2D eigenvalue weighted by Gasteiger charge is -2.23. The SMILES string of the molecule is CCC(C)(CNC(=O)CCNC(=O)C1CC1C)C(=O)O. The molecule has 1 fully saturated rings. The van der Waals surface area contributed by atoms with Gasteiger partial charge in [0.1, 0.15) is 0 Å². The van der Waals surface area contributed by atoms with Crippen LogP contribution in [0.2, 0.25) is 0 Å². The quantitative estimate of drug-likeness (QED) is 0.613. The Morgan fingerprint density at radius 2 is 1.90 bits per heavy atom. The maximum absolute atomic E-state index is 11.6.